The Morgan fingerprint density at radius 2 is 1.63 bits per heavy atom. The second-order valence-corrected chi connectivity index (χ2v) is 8.56. The van der Waals surface area contributed by atoms with Crippen LogP contribution in [0.25, 0.3) is 11.0 Å². The van der Waals surface area contributed by atoms with Gasteiger partial charge in [-0.3, -0.25) is 9.59 Å². The molecule has 1 atom stereocenters. The Morgan fingerprint density at radius 3 is 2.20 bits per heavy atom. The lowest BCUT2D eigenvalue weighted by Crippen LogP contribution is -2.37. The molecule has 1 unspecified atom stereocenters. The second-order valence-electron chi connectivity index (χ2n) is 8.56. The van der Waals surface area contributed by atoms with Gasteiger partial charge in [-0.05, 0) is 49.8 Å². The number of nitrogens with zero attached hydrogens (tertiary/aromatic N) is 2. The second kappa shape index (κ2) is 10.00. The fourth-order valence-corrected chi connectivity index (χ4v) is 4.76. The quantitative estimate of drug-likeness (QED) is 0.458. The van der Waals surface area contributed by atoms with E-state index in [0.29, 0.717) is 52.4 Å². The lowest BCUT2D eigenvalue weighted by molar-refractivity contribution is 0.0707. The molecule has 0 saturated carbocycles. The summed E-state index contributed by atoms with van der Waals surface area (Å²) in [5.74, 6) is 1.13. The highest BCUT2D eigenvalue weighted by molar-refractivity contribution is 5.99. The summed E-state index contributed by atoms with van der Waals surface area (Å²) in [5.41, 5.74) is 2.16. The van der Waals surface area contributed by atoms with Crippen molar-refractivity contribution in [2.24, 2.45) is 0 Å². The van der Waals surface area contributed by atoms with Crippen LogP contribution in [0.5, 0.6) is 17.2 Å². The molecule has 8 heteroatoms. The number of benzene rings is 2. The minimum Gasteiger partial charge on any atom is -0.493 e. The maximum atomic E-state index is 13.8. The molecular weight excluding hydrogens is 448 g/mol. The smallest absolute Gasteiger partial charge is 0.290 e. The Labute approximate surface area is 205 Å². The molecule has 1 aliphatic rings. The Kier molecular flexibility index (Phi) is 7.03. The average molecular weight is 481 g/mol. The Balaban J connectivity index is 1.95. The molecule has 0 bridgehead atoms. The third kappa shape index (κ3) is 4.23. The first-order chi connectivity index (χ1) is 16.9. The number of fused-ring (bicyclic) bond motifs is 2. The van der Waals surface area contributed by atoms with Crippen molar-refractivity contribution in [3.05, 3.63) is 63.0 Å². The fraction of sp³-hybridized carbons (Fsp3) is 0.407. The van der Waals surface area contributed by atoms with Crippen molar-refractivity contribution in [1.82, 2.24) is 9.80 Å². The van der Waals surface area contributed by atoms with E-state index in [4.69, 9.17) is 18.6 Å². The van der Waals surface area contributed by atoms with Crippen molar-refractivity contribution in [1.29, 1.82) is 0 Å². The molecule has 4 rings (SSSR count). The van der Waals surface area contributed by atoms with Crippen molar-refractivity contribution >= 4 is 16.9 Å². The maximum absolute atomic E-state index is 13.8. The van der Waals surface area contributed by atoms with Gasteiger partial charge in [0.25, 0.3) is 5.91 Å². The highest BCUT2D eigenvalue weighted by Gasteiger charge is 2.43. The number of rotatable bonds is 9. The van der Waals surface area contributed by atoms with Crippen LogP contribution >= 0.6 is 0 Å². The molecule has 0 aliphatic carbocycles. The van der Waals surface area contributed by atoms with Gasteiger partial charge in [0, 0.05) is 13.1 Å². The summed E-state index contributed by atoms with van der Waals surface area (Å²) in [6.45, 7) is 8.91. The third-order valence-corrected chi connectivity index (χ3v) is 6.68. The lowest BCUT2D eigenvalue weighted by atomic mass is 9.97. The van der Waals surface area contributed by atoms with Gasteiger partial charge >= 0.3 is 0 Å². The molecule has 0 radical (unpaired) electrons. The molecule has 2 aromatic carbocycles. The van der Waals surface area contributed by atoms with Crippen molar-refractivity contribution in [2.45, 2.75) is 26.8 Å². The number of likely N-dealkylation sites (N-methyl/N-ethyl adjacent to an activating group) is 1. The van der Waals surface area contributed by atoms with Crippen LogP contribution in [0.2, 0.25) is 0 Å². The standard InChI is InChI=1S/C27H32N2O6/c1-7-28(8-2)11-12-29-23(17-14-20(32-4)25(34-6)21(15-17)33-5)22-24(30)18-13-16(3)9-10-19(18)35-26(22)27(29)31/h9-10,13-15,23H,7-8,11-12H2,1-6H3. The zero-order chi connectivity index (χ0) is 25.3. The van der Waals surface area contributed by atoms with Crippen molar-refractivity contribution in [3.63, 3.8) is 0 Å². The van der Waals surface area contributed by atoms with Gasteiger partial charge in [-0.25, -0.2) is 0 Å². The molecule has 0 fully saturated rings. The summed E-state index contributed by atoms with van der Waals surface area (Å²) in [5, 5.41) is 0.458. The molecule has 0 N–H and O–H groups in total. The first kappa shape index (κ1) is 24.6. The van der Waals surface area contributed by atoms with Gasteiger partial charge in [0.1, 0.15) is 5.58 Å². The summed E-state index contributed by atoms with van der Waals surface area (Å²) in [4.78, 5) is 31.4. The predicted octanol–water partition coefficient (Wildman–Crippen LogP) is 4.01. The number of methoxy groups -OCH3 is 3. The summed E-state index contributed by atoms with van der Waals surface area (Å²) >= 11 is 0. The van der Waals surface area contributed by atoms with Gasteiger partial charge in [-0.2, -0.15) is 0 Å². The molecule has 0 spiro atoms. The van der Waals surface area contributed by atoms with E-state index in [0.717, 1.165) is 18.7 Å². The SMILES string of the molecule is CCN(CC)CCN1C(=O)c2oc3ccc(C)cc3c(=O)c2C1c1cc(OC)c(OC)c(OC)c1. The highest BCUT2D eigenvalue weighted by Crippen LogP contribution is 2.45. The van der Waals surface area contributed by atoms with Crippen LogP contribution in [0.4, 0.5) is 0 Å². The van der Waals surface area contributed by atoms with E-state index in [1.165, 1.54) is 21.3 Å². The molecule has 1 aliphatic heterocycles. The van der Waals surface area contributed by atoms with E-state index >= 15 is 0 Å². The maximum Gasteiger partial charge on any atom is 0.290 e. The molecule has 3 aromatic rings. The van der Waals surface area contributed by atoms with Crippen LogP contribution in [0, 0.1) is 6.92 Å². The number of ether oxygens (including phenoxy) is 3. The Morgan fingerprint density at radius 1 is 0.971 bits per heavy atom. The summed E-state index contributed by atoms with van der Waals surface area (Å²) in [6.07, 6.45) is 0. The van der Waals surface area contributed by atoms with Crippen LogP contribution in [-0.2, 0) is 0 Å². The van der Waals surface area contributed by atoms with Crippen LogP contribution in [-0.4, -0.2) is 63.2 Å². The number of aryl methyl sites for hydroxylation is 1. The molecular formula is C27H32N2O6. The number of carbonyl (C=O) groups is 1. The number of amides is 1. The van der Waals surface area contributed by atoms with Crippen LogP contribution in [0.3, 0.4) is 0 Å². The first-order valence-electron chi connectivity index (χ1n) is 11.8. The molecule has 186 valence electrons. The molecule has 1 amide bonds. The minimum absolute atomic E-state index is 0.0876. The summed E-state index contributed by atoms with van der Waals surface area (Å²) < 4.78 is 22.7. The monoisotopic (exact) mass is 480 g/mol. The normalized spacial score (nSPS) is 15.1. The van der Waals surface area contributed by atoms with Crippen molar-refractivity contribution < 1.29 is 23.4 Å². The highest BCUT2D eigenvalue weighted by atomic mass is 16.5. The van der Waals surface area contributed by atoms with E-state index in [9.17, 15) is 9.59 Å². The molecule has 8 nitrogen and oxygen atoms in total. The van der Waals surface area contributed by atoms with Gasteiger partial charge in [-0.15, -0.1) is 0 Å². The summed E-state index contributed by atoms with van der Waals surface area (Å²) in [7, 11) is 4.61. The average Bonchev–Trinajstić information content (AvgIpc) is 3.15. The van der Waals surface area contributed by atoms with Crippen LogP contribution in [0.15, 0.2) is 39.5 Å². The van der Waals surface area contributed by atoms with Gasteiger partial charge in [-0.1, -0.05) is 25.5 Å². The Bertz CT molecular complexity index is 1290. The topological polar surface area (TPSA) is 81.5 Å². The molecule has 0 saturated heterocycles. The minimum atomic E-state index is -0.650. The van der Waals surface area contributed by atoms with Gasteiger partial charge in [0.15, 0.2) is 16.9 Å². The fourth-order valence-electron chi connectivity index (χ4n) is 4.76. The molecule has 1 aromatic heterocycles. The van der Waals surface area contributed by atoms with E-state index in [2.05, 4.69) is 18.7 Å². The largest absolute Gasteiger partial charge is 0.493 e. The lowest BCUT2D eigenvalue weighted by Gasteiger charge is -2.28. The number of hydrogen-bond donors (Lipinski definition) is 0. The third-order valence-electron chi connectivity index (χ3n) is 6.68. The van der Waals surface area contributed by atoms with Crippen molar-refractivity contribution in [3.8, 4) is 17.2 Å². The number of carbonyl (C=O) groups excluding carboxylic acids is 1. The Hall–Kier alpha value is -3.52. The molecule has 35 heavy (non-hydrogen) atoms. The van der Waals surface area contributed by atoms with Gasteiger partial charge < -0.3 is 28.4 Å². The van der Waals surface area contributed by atoms with Crippen molar-refractivity contribution in [2.75, 3.05) is 47.5 Å². The van der Waals surface area contributed by atoms with Gasteiger partial charge in [0.05, 0.1) is 38.3 Å². The predicted molar refractivity (Wildman–Crippen MR) is 134 cm³/mol. The zero-order valence-electron chi connectivity index (χ0n) is 21.1. The first-order valence-corrected chi connectivity index (χ1v) is 11.8. The van der Waals surface area contributed by atoms with Crippen LogP contribution < -0.4 is 19.6 Å². The zero-order valence-corrected chi connectivity index (χ0v) is 21.1. The number of hydrogen-bond acceptors (Lipinski definition) is 7. The van der Waals surface area contributed by atoms with E-state index < -0.39 is 6.04 Å². The van der Waals surface area contributed by atoms with E-state index in [-0.39, 0.29) is 17.1 Å². The van der Waals surface area contributed by atoms with Gasteiger partial charge in [0.2, 0.25) is 11.5 Å². The molecule has 2 heterocycles. The van der Waals surface area contributed by atoms with E-state index in [1.54, 1.807) is 29.2 Å². The summed E-state index contributed by atoms with van der Waals surface area (Å²) in [6, 6.07) is 8.34. The van der Waals surface area contributed by atoms with E-state index in [1.807, 2.05) is 13.0 Å². The van der Waals surface area contributed by atoms with Crippen LogP contribution in [0.1, 0.15) is 47.1 Å².